The first-order valence-corrected chi connectivity index (χ1v) is 5.80. The van der Waals surface area contributed by atoms with E-state index in [0.717, 1.165) is 24.4 Å². The van der Waals surface area contributed by atoms with Gasteiger partial charge in [0.25, 0.3) is 0 Å². The molecule has 1 aromatic heterocycles. The fourth-order valence-electron chi connectivity index (χ4n) is 2.20. The van der Waals surface area contributed by atoms with Gasteiger partial charge in [0, 0.05) is 25.3 Å². The molecule has 0 bridgehead atoms. The summed E-state index contributed by atoms with van der Waals surface area (Å²) in [6.45, 7) is 2.17. The molecule has 0 atom stereocenters. The van der Waals surface area contributed by atoms with E-state index >= 15 is 0 Å². The van der Waals surface area contributed by atoms with Crippen molar-refractivity contribution in [3.63, 3.8) is 0 Å². The maximum atomic E-state index is 5.63. The van der Waals surface area contributed by atoms with Crippen LogP contribution in [-0.4, -0.2) is 51.0 Å². The summed E-state index contributed by atoms with van der Waals surface area (Å²) in [6.07, 6.45) is 4.14. The Labute approximate surface area is 98.9 Å². The van der Waals surface area contributed by atoms with E-state index in [0.29, 0.717) is 6.04 Å². The molecule has 1 aromatic rings. The van der Waals surface area contributed by atoms with Crippen molar-refractivity contribution >= 4 is 19.1 Å². The average molecular weight is 215 g/mol. The number of pyridine rings is 1. The second kappa shape index (κ2) is 4.87. The fraction of sp³-hybridized carbons (Fsp3) is 0.583. The van der Waals surface area contributed by atoms with Crippen LogP contribution in [0.3, 0.4) is 0 Å². The minimum Gasteiger partial charge on any atom is -0.357 e. The zero-order valence-electron chi connectivity index (χ0n) is 10.1. The molecule has 0 spiro atoms. The minimum absolute atomic E-state index is 0.713. The number of rotatable bonds is 2. The predicted octanol–water partition coefficient (Wildman–Crippen LogP) is 0.406. The molecule has 1 aliphatic rings. The van der Waals surface area contributed by atoms with Crippen LogP contribution in [0, 0.1) is 0 Å². The molecule has 0 N–H and O–H groups in total. The minimum atomic E-state index is 0.713. The molecule has 0 amide bonds. The van der Waals surface area contributed by atoms with Crippen LogP contribution in [0.4, 0.5) is 5.82 Å². The molecule has 16 heavy (non-hydrogen) atoms. The van der Waals surface area contributed by atoms with Gasteiger partial charge in [-0.25, -0.2) is 4.98 Å². The van der Waals surface area contributed by atoms with Gasteiger partial charge in [0.1, 0.15) is 13.7 Å². The van der Waals surface area contributed by atoms with Crippen LogP contribution in [-0.2, 0) is 0 Å². The van der Waals surface area contributed by atoms with Crippen LogP contribution >= 0.6 is 0 Å². The quantitative estimate of drug-likeness (QED) is 0.666. The Balaban J connectivity index is 1.96. The summed E-state index contributed by atoms with van der Waals surface area (Å²) >= 11 is 0. The maximum Gasteiger partial charge on any atom is 0.128 e. The van der Waals surface area contributed by atoms with E-state index in [4.69, 9.17) is 7.85 Å². The first-order valence-electron chi connectivity index (χ1n) is 5.80. The summed E-state index contributed by atoms with van der Waals surface area (Å²) in [5.41, 5.74) is 0.729. The average Bonchev–Trinajstić information content (AvgIpc) is 2.30. The number of hydrogen-bond donors (Lipinski definition) is 0. The van der Waals surface area contributed by atoms with Crippen LogP contribution in [0.25, 0.3) is 0 Å². The van der Waals surface area contributed by atoms with Crippen molar-refractivity contribution in [2.75, 3.05) is 32.1 Å². The van der Waals surface area contributed by atoms with Gasteiger partial charge in [0.2, 0.25) is 0 Å². The van der Waals surface area contributed by atoms with Crippen LogP contribution in [0.1, 0.15) is 12.8 Å². The number of hydrogen-bond acceptors (Lipinski definition) is 3. The van der Waals surface area contributed by atoms with Crippen molar-refractivity contribution in [1.29, 1.82) is 0 Å². The Bertz CT molecular complexity index is 329. The van der Waals surface area contributed by atoms with Crippen LogP contribution in [0.15, 0.2) is 18.3 Å². The van der Waals surface area contributed by atoms with Gasteiger partial charge in [-0.15, -0.1) is 0 Å². The van der Waals surface area contributed by atoms with Gasteiger partial charge in [0.15, 0.2) is 0 Å². The lowest BCUT2D eigenvalue weighted by Crippen LogP contribution is -2.42. The molecular weight excluding hydrogens is 197 g/mol. The van der Waals surface area contributed by atoms with E-state index in [-0.39, 0.29) is 0 Å². The summed E-state index contributed by atoms with van der Waals surface area (Å²) in [7, 11) is 9.94. The van der Waals surface area contributed by atoms with Crippen molar-refractivity contribution in [3.8, 4) is 0 Å². The molecule has 3 nitrogen and oxygen atoms in total. The van der Waals surface area contributed by atoms with Gasteiger partial charge < -0.3 is 9.80 Å². The maximum absolute atomic E-state index is 5.63. The van der Waals surface area contributed by atoms with Gasteiger partial charge in [0.05, 0.1) is 0 Å². The molecular formula is C12H18BN3. The summed E-state index contributed by atoms with van der Waals surface area (Å²) < 4.78 is 0. The molecule has 1 saturated heterocycles. The standard InChI is InChI=1S/C12H18BN3/c1-15(2)11-5-7-16(8-6-11)12-4-3-10(13)9-14-12/h3-4,9,11H,5-8H2,1-2H3. The third-order valence-electron chi connectivity index (χ3n) is 3.29. The van der Waals surface area contributed by atoms with E-state index in [1.54, 1.807) is 6.20 Å². The van der Waals surface area contributed by atoms with E-state index in [1.807, 2.05) is 12.1 Å². The summed E-state index contributed by atoms with van der Waals surface area (Å²) in [4.78, 5) is 9.01. The van der Waals surface area contributed by atoms with E-state index in [1.165, 1.54) is 12.8 Å². The van der Waals surface area contributed by atoms with E-state index < -0.39 is 0 Å². The third kappa shape index (κ3) is 2.56. The van der Waals surface area contributed by atoms with Crippen LogP contribution in [0.5, 0.6) is 0 Å². The summed E-state index contributed by atoms with van der Waals surface area (Å²) in [5.74, 6) is 1.05. The lowest BCUT2D eigenvalue weighted by atomic mass is 9.99. The summed E-state index contributed by atoms with van der Waals surface area (Å²) in [6, 6.07) is 4.64. The smallest absolute Gasteiger partial charge is 0.128 e. The number of piperidine rings is 1. The Kier molecular flexibility index (Phi) is 3.49. The Morgan fingerprint density at radius 3 is 2.50 bits per heavy atom. The highest BCUT2D eigenvalue weighted by molar-refractivity contribution is 6.32. The zero-order valence-corrected chi connectivity index (χ0v) is 10.1. The highest BCUT2D eigenvalue weighted by atomic mass is 15.2. The topological polar surface area (TPSA) is 19.4 Å². The molecule has 4 heteroatoms. The number of aromatic nitrogens is 1. The largest absolute Gasteiger partial charge is 0.357 e. The SMILES string of the molecule is [B]c1ccc(N2CCC(N(C)C)CC2)nc1. The van der Waals surface area contributed by atoms with Crippen molar-refractivity contribution in [2.45, 2.75) is 18.9 Å². The Hall–Kier alpha value is -1.03. The van der Waals surface area contributed by atoms with Gasteiger partial charge in [-0.1, -0.05) is 11.5 Å². The second-order valence-electron chi connectivity index (χ2n) is 4.63. The van der Waals surface area contributed by atoms with Gasteiger partial charge >= 0.3 is 0 Å². The Morgan fingerprint density at radius 2 is 2.00 bits per heavy atom. The first kappa shape index (κ1) is 11.5. The molecule has 0 aliphatic carbocycles. The fourth-order valence-corrected chi connectivity index (χ4v) is 2.20. The number of anilines is 1. The monoisotopic (exact) mass is 215 g/mol. The molecule has 2 rings (SSSR count). The van der Waals surface area contributed by atoms with Gasteiger partial charge in [-0.2, -0.15) is 0 Å². The highest BCUT2D eigenvalue weighted by Gasteiger charge is 2.20. The molecule has 1 fully saturated rings. The molecule has 1 aliphatic heterocycles. The number of nitrogens with zero attached hydrogens (tertiary/aromatic N) is 3. The molecule has 2 radical (unpaired) electrons. The lowest BCUT2D eigenvalue weighted by molar-refractivity contribution is 0.249. The first-order chi connectivity index (χ1) is 7.66. The van der Waals surface area contributed by atoms with Gasteiger partial charge in [-0.05, 0) is 33.0 Å². The van der Waals surface area contributed by atoms with Crippen molar-refractivity contribution in [1.82, 2.24) is 9.88 Å². The molecule has 0 unspecified atom stereocenters. The van der Waals surface area contributed by atoms with Crippen molar-refractivity contribution in [2.24, 2.45) is 0 Å². The van der Waals surface area contributed by atoms with Gasteiger partial charge in [-0.3, -0.25) is 0 Å². The van der Waals surface area contributed by atoms with Crippen molar-refractivity contribution in [3.05, 3.63) is 18.3 Å². The van der Waals surface area contributed by atoms with E-state index in [2.05, 4.69) is 28.9 Å². The molecule has 2 heterocycles. The van der Waals surface area contributed by atoms with Crippen LogP contribution < -0.4 is 10.4 Å². The normalized spacial score (nSPS) is 18.1. The second-order valence-corrected chi connectivity index (χ2v) is 4.63. The molecule has 0 saturated carbocycles. The highest BCUT2D eigenvalue weighted by Crippen LogP contribution is 2.18. The lowest BCUT2D eigenvalue weighted by Gasteiger charge is -2.35. The molecule has 84 valence electrons. The third-order valence-corrected chi connectivity index (χ3v) is 3.29. The van der Waals surface area contributed by atoms with Crippen molar-refractivity contribution < 1.29 is 0 Å². The van der Waals surface area contributed by atoms with Crippen LogP contribution in [0.2, 0.25) is 0 Å². The Morgan fingerprint density at radius 1 is 1.31 bits per heavy atom. The predicted molar refractivity (Wildman–Crippen MR) is 68.5 cm³/mol. The zero-order chi connectivity index (χ0) is 11.5. The summed E-state index contributed by atoms with van der Waals surface area (Å²) in [5, 5.41) is 0. The van der Waals surface area contributed by atoms with E-state index in [9.17, 15) is 0 Å². The molecule has 0 aromatic carbocycles.